The van der Waals surface area contributed by atoms with Crippen molar-refractivity contribution in [2.45, 2.75) is 12.6 Å². The number of anilines is 2. The summed E-state index contributed by atoms with van der Waals surface area (Å²) in [6, 6.07) is 10.2. The second-order valence-electron chi connectivity index (χ2n) is 5.20. The van der Waals surface area contributed by atoms with Gasteiger partial charge >= 0.3 is 12.2 Å². The third kappa shape index (κ3) is 5.52. The van der Waals surface area contributed by atoms with Gasteiger partial charge in [-0.3, -0.25) is 4.79 Å². The van der Waals surface area contributed by atoms with Crippen LogP contribution in [0.3, 0.4) is 0 Å². The maximum absolute atomic E-state index is 12.5. The van der Waals surface area contributed by atoms with E-state index in [4.69, 9.17) is 0 Å². The van der Waals surface area contributed by atoms with Gasteiger partial charge in [-0.2, -0.15) is 13.2 Å². The van der Waals surface area contributed by atoms with Crippen LogP contribution < -0.4 is 16.0 Å². The molecule has 0 fully saturated rings. The van der Waals surface area contributed by atoms with Gasteiger partial charge in [0, 0.05) is 18.4 Å². The summed E-state index contributed by atoms with van der Waals surface area (Å²) in [6.07, 6.45) is -4.19. The summed E-state index contributed by atoms with van der Waals surface area (Å²) in [5.74, 6) is -0.124. The molecule has 132 valence electrons. The minimum atomic E-state index is -4.42. The molecule has 0 unspecified atom stereocenters. The highest BCUT2D eigenvalue weighted by atomic mass is 19.4. The highest BCUT2D eigenvalue weighted by Crippen LogP contribution is 2.29. The number of halogens is 3. The molecular weight excluding hydrogens is 335 g/mol. The molecule has 8 heteroatoms. The molecular formula is C17H16F3N3O2. The maximum atomic E-state index is 12.5. The SMILES string of the molecule is CNC(=O)Cc1ccc(NC(=O)Nc2ccc(C(F)(F)F)cc2)cc1. The van der Waals surface area contributed by atoms with Crippen molar-refractivity contribution in [3.05, 3.63) is 59.7 Å². The van der Waals surface area contributed by atoms with Crippen LogP contribution in [-0.4, -0.2) is 19.0 Å². The Morgan fingerprint density at radius 2 is 1.36 bits per heavy atom. The summed E-state index contributed by atoms with van der Waals surface area (Å²) in [7, 11) is 1.55. The zero-order valence-corrected chi connectivity index (χ0v) is 13.3. The molecule has 0 atom stereocenters. The molecule has 2 rings (SSSR count). The summed E-state index contributed by atoms with van der Waals surface area (Å²) in [4.78, 5) is 23.1. The van der Waals surface area contributed by atoms with Gasteiger partial charge < -0.3 is 16.0 Å². The van der Waals surface area contributed by atoms with Crippen molar-refractivity contribution in [1.82, 2.24) is 5.32 Å². The van der Waals surface area contributed by atoms with Crippen molar-refractivity contribution < 1.29 is 22.8 Å². The largest absolute Gasteiger partial charge is 0.416 e. The lowest BCUT2D eigenvalue weighted by Crippen LogP contribution is -2.20. The van der Waals surface area contributed by atoms with E-state index in [1.165, 1.54) is 12.1 Å². The molecule has 0 saturated heterocycles. The minimum Gasteiger partial charge on any atom is -0.359 e. The van der Waals surface area contributed by atoms with Gasteiger partial charge in [0.1, 0.15) is 0 Å². The number of alkyl halides is 3. The molecule has 0 aromatic heterocycles. The molecule has 2 aromatic carbocycles. The van der Waals surface area contributed by atoms with Crippen LogP contribution in [0.5, 0.6) is 0 Å². The van der Waals surface area contributed by atoms with E-state index in [0.29, 0.717) is 5.69 Å². The van der Waals surface area contributed by atoms with Gasteiger partial charge in [0.2, 0.25) is 5.91 Å². The van der Waals surface area contributed by atoms with Gasteiger partial charge in [-0.25, -0.2) is 4.79 Å². The molecule has 0 aliphatic heterocycles. The van der Waals surface area contributed by atoms with Crippen LogP contribution in [0.15, 0.2) is 48.5 Å². The smallest absolute Gasteiger partial charge is 0.359 e. The lowest BCUT2D eigenvalue weighted by molar-refractivity contribution is -0.137. The quantitative estimate of drug-likeness (QED) is 0.787. The first kappa shape index (κ1) is 18.3. The number of likely N-dealkylation sites (N-methyl/N-ethyl adjacent to an activating group) is 1. The van der Waals surface area contributed by atoms with Crippen LogP contribution in [0, 0.1) is 0 Å². The minimum absolute atomic E-state index is 0.124. The van der Waals surface area contributed by atoms with E-state index in [0.717, 1.165) is 17.7 Å². The molecule has 0 radical (unpaired) electrons. The van der Waals surface area contributed by atoms with Crippen molar-refractivity contribution in [3.63, 3.8) is 0 Å². The average Bonchev–Trinajstić information content (AvgIpc) is 2.56. The fraction of sp³-hybridized carbons (Fsp3) is 0.176. The standard InChI is InChI=1S/C17H16F3N3O2/c1-21-15(24)10-11-2-6-13(7-3-11)22-16(25)23-14-8-4-12(5-9-14)17(18,19)20/h2-9H,10H2,1H3,(H,21,24)(H2,22,23,25). The Kier molecular flexibility index (Phi) is 5.63. The van der Waals surface area contributed by atoms with E-state index >= 15 is 0 Å². The Hall–Kier alpha value is -3.03. The number of hydrogen-bond acceptors (Lipinski definition) is 2. The zero-order chi connectivity index (χ0) is 18.4. The summed E-state index contributed by atoms with van der Waals surface area (Å²) in [6.45, 7) is 0. The van der Waals surface area contributed by atoms with Crippen LogP contribution in [-0.2, 0) is 17.4 Å². The first-order valence-electron chi connectivity index (χ1n) is 7.33. The monoisotopic (exact) mass is 351 g/mol. The molecule has 25 heavy (non-hydrogen) atoms. The normalized spacial score (nSPS) is 10.9. The average molecular weight is 351 g/mol. The fourth-order valence-electron chi connectivity index (χ4n) is 2.02. The van der Waals surface area contributed by atoms with Gasteiger partial charge in [-0.15, -0.1) is 0 Å². The van der Waals surface area contributed by atoms with E-state index in [2.05, 4.69) is 16.0 Å². The van der Waals surface area contributed by atoms with E-state index < -0.39 is 17.8 Å². The summed E-state index contributed by atoms with van der Waals surface area (Å²) in [5, 5.41) is 7.51. The second kappa shape index (κ2) is 7.69. The number of benzene rings is 2. The Morgan fingerprint density at radius 3 is 1.80 bits per heavy atom. The van der Waals surface area contributed by atoms with E-state index in [9.17, 15) is 22.8 Å². The van der Waals surface area contributed by atoms with E-state index in [-0.39, 0.29) is 18.0 Å². The van der Waals surface area contributed by atoms with Crippen LogP contribution in [0.1, 0.15) is 11.1 Å². The zero-order valence-electron chi connectivity index (χ0n) is 13.3. The summed E-state index contributed by atoms with van der Waals surface area (Å²) < 4.78 is 37.4. The Balaban J connectivity index is 1.92. The van der Waals surface area contributed by atoms with Crippen molar-refractivity contribution in [2.75, 3.05) is 17.7 Å². The molecule has 3 N–H and O–H groups in total. The van der Waals surface area contributed by atoms with Gasteiger partial charge in [0.15, 0.2) is 0 Å². The Bertz CT molecular complexity index is 741. The Morgan fingerprint density at radius 1 is 0.880 bits per heavy atom. The van der Waals surface area contributed by atoms with Crippen LogP contribution in [0.4, 0.5) is 29.3 Å². The van der Waals surface area contributed by atoms with Gasteiger partial charge in [-0.1, -0.05) is 12.1 Å². The predicted molar refractivity (Wildman–Crippen MR) is 88.3 cm³/mol. The van der Waals surface area contributed by atoms with Gasteiger partial charge in [0.25, 0.3) is 0 Å². The number of amides is 3. The first-order chi connectivity index (χ1) is 11.8. The van der Waals surface area contributed by atoms with Crippen molar-refractivity contribution in [1.29, 1.82) is 0 Å². The molecule has 0 spiro atoms. The first-order valence-corrected chi connectivity index (χ1v) is 7.33. The topological polar surface area (TPSA) is 70.2 Å². The van der Waals surface area contributed by atoms with E-state index in [1.807, 2.05) is 0 Å². The summed E-state index contributed by atoms with van der Waals surface area (Å²) >= 11 is 0. The fourth-order valence-corrected chi connectivity index (χ4v) is 2.02. The summed E-state index contributed by atoms with van der Waals surface area (Å²) in [5.41, 5.74) is 0.727. The van der Waals surface area contributed by atoms with E-state index in [1.54, 1.807) is 31.3 Å². The van der Waals surface area contributed by atoms with Gasteiger partial charge in [0.05, 0.1) is 12.0 Å². The third-order valence-electron chi connectivity index (χ3n) is 3.33. The number of nitrogens with one attached hydrogen (secondary N) is 3. The second-order valence-corrected chi connectivity index (χ2v) is 5.20. The molecule has 0 saturated carbocycles. The molecule has 3 amide bonds. The van der Waals surface area contributed by atoms with Crippen molar-refractivity contribution >= 4 is 23.3 Å². The molecule has 0 heterocycles. The molecule has 0 aliphatic rings. The van der Waals surface area contributed by atoms with Gasteiger partial charge in [-0.05, 0) is 42.0 Å². The van der Waals surface area contributed by atoms with Crippen molar-refractivity contribution in [3.8, 4) is 0 Å². The lowest BCUT2D eigenvalue weighted by atomic mass is 10.1. The predicted octanol–water partition coefficient (Wildman–Crippen LogP) is 3.64. The lowest BCUT2D eigenvalue weighted by Gasteiger charge is -2.10. The van der Waals surface area contributed by atoms with Crippen LogP contribution >= 0.6 is 0 Å². The number of carbonyl (C=O) groups is 2. The third-order valence-corrected chi connectivity index (χ3v) is 3.33. The number of carbonyl (C=O) groups excluding carboxylic acids is 2. The Labute approximate surface area is 142 Å². The van der Waals surface area contributed by atoms with Crippen LogP contribution in [0.2, 0.25) is 0 Å². The molecule has 5 nitrogen and oxygen atoms in total. The maximum Gasteiger partial charge on any atom is 0.416 e. The highest BCUT2D eigenvalue weighted by molar-refractivity contribution is 5.99. The number of hydrogen-bond donors (Lipinski definition) is 3. The van der Waals surface area contributed by atoms with Crippen molar-refractivity contribution in [2.24, 2.45) is 0 Å². The van der Waals surface area contributed by atoms with Crippen LogP contribution in [0.25, 0.3) is 0 Å². The number of urea groups is 1. The molecule has 0 aliphatic carbocycles. The number of rotatable bonds is 4. The molecule has 0 bridgehead atoms. The highest BCUT2D eigenvalue weighted by Gasteiger charge is 2.29. The molecule has 2 aromatic rings.